The first-order valence-corrected chi connectivity index (χ1v) is 6.49. The summed E-state index contributed by atoms with van der Waals surface area (Å²) in [7, 11) is 0. The highest BCUT2D eigenvalue weighted by Crippen LogP contribution is 2.36. The van der Waals surface area contributed by atoms with Gasteiger partial charge >= 0.3 is 0 Å². The Hall–Kier alpha value is -1.39. The highest BCUT2D eigenvalue weighted by atomic mass is 16.1. The van der Waals surface area contributed by atoms with E-state index in [-0.39, 0.29) is 0 Å². The number of rotatable bonds is 4. The van der Waals surface area contributed by atoms with E-state index >= 15 is 0 Å². The van der Waals surface area contributed by atoms with E-state index < -0.39 is 5.91 Å². The van der Waals surface area contributed by atoms with Crippen LogP contribution in [0.4, 0.5) is 0 Å². The summed E-state index contributed by atoms with van der Waals surface area (Å²) in [5.74, 6) is 0.275. The molecule has 2 saturated carbocycles. The maximum absolute atomic E-state index is 11.4. The highest BCUT2D eigenvalue weighted by Gasteiger charge is 2.30. The molecule has 2 aliphatic rings. The Labute approximate surface area is 100 Å². The van der Waals surface area contributed by atoms with Gasteiger partial charge in [0, 0.05) is 0 Å². The van der Waals surface area contributed by atoms with Crippen molar-refractivity contribution in [3.05, 3.63) is 11.4 Å². The van der Waals surface area contributed by atoms with Crippen molar-refractivity contribution in [1.82, 2.24) is 15.0 Å². The fourth-order valence-electron chi connectivity index (χ4n) is 2.73. The van der Waals surface area contributed by atoms with E-state index in [1.54, 1.807) is 0 Å². The SMILES string of the molecule is NC(=O)c1nnn(C2CCCC2)c1CC1CC1. The van der Waals surface area contributed by atoms with Crippen LogP contribution in [0.2, 0.25) is 0 Å². The van der Waals surface area contributed by atoms with Crippen LogP contribution in [-0.2, 0) is 6.42 Å². The number of carbonyl (C=O) groups excluding carboxylic acids is 1. The molecular formula is C12H18N4O. The Kier molecular flexibility index (Phi) is 2.61. The van der Waals surface area contributed by atoms with Crippen LogP contribution in [0.5, 0.6) is 0 Å². The van der Waals surface area contributed by atoms with Gasteiger partial charge in [-0.05, 0) is 38.0 Å². The van der Waals surface area contributed by atoms with Crippen LogP contribution in [0.15, 0.2) is 0 Å². The van der Waals surface area contributed by atoms with Crippen molar-refractivity contribution in [3.8, 4) is 0 Å². The van der Waals surface area contributed by atoms with Gasteiger partial charge in [0.1, 0.15) is 0 Å². The van der Waals surface area contributed by atoms with Gasteiger partial charge in [0.25, 0.3) is 5.91 Å². The third kappa shape index (κ3) is 2.06. The van der Waals surface area contributed by atoms with Crippen molar-refractivity contribution in [3.63, 3.8) is 0 Å². The smallest absolute Gasteiger partial charge is 0.271 e. The van der Waals surface area contributed by atoms with Crippen molar-refractivity contribution in [2.75, 3.05) is 0 Å². The van der Waals surface area contributed by atoms with Gasteiger partial charge in [-0.15, -0.1) is 5.10 Å². The lowest BCUT2D eigenvalue weighted by Crippen LogP contribution is -2.17. The van der Waals surface area contributed by atoms with Crippen molar-refractivity contribution < 1.29 is 4.79 Å². The summed E-state index contributed by atoms with van der Waals surface area (Å²) < 4.78 is 1.98. The van der Waals surface area contributed by atoms with Gasteiger partial charge in [-0.25, -0.2) is 4.68 Å². The number of amides is 1. The summed E-state index contributed by atoms with van der Waals surface area (Å²) in [5.41, 5.74) is 6.74. The van der Waals surface area contributed by atoms with Crippen LogP contribution in [-0.4, -0.2) is 20.9 Å². The average molecular weight is 234 g/mol. The first-order valence-electron chi connectivity index (χ1n) is 6.49. The van der Waals surface area contributed by atoms with E-state index in [0.717, 1.165) is 25.0 Å². The maximum Gasteiger partial charge on any atom is 0.271 e. The number of aromatic nitrogens is 3. The molecular weight excluding hydrogens is 216 g/mol. The first kappa shape index (κ1) is 10.7. The molecule has 92 valence electrons. The third-order valence-corrected chi connectivity index (χ3v) is 3.87. The fourth-order valence-corrected chi connectivity index (χ4v) is 2.73. The van der Waals surface area contributed by atoms with Crippen LogP contribution in [0.25, 0.3) is 0 Å². The minimum atomic E-state index is -0.440. The Morgan fingerprint density at radius 2 is 2.00 bits per heavy atom. The second-order valence-corrected chi connectivity index (χ2v) is 5.28. The first-order chi connectivity index (χ1) is 8.25. The molecule has 1 aromatic heterocycles. The van der Waals surface area contributed by atoms with Crippen LogP contribution < -0.4 is 5.73 Å². The summed E-state index contributed by atoms with van der Waals surface area (Å²) in [5, 5.41) is 8.15. The molecule has 3 rings (SSSR count). The van der Waals surface area contributed by atoms with Crippen molar-refractivity contribution in [1.29, 1.82) is 0 Å². The quantitative estimate of drug-likeness (QED) is 0.856. The lowest BCUT2D eigenvalue weighted by molar-refractivity contribution is 0.0994. The van der Waals surface area contributed by atoms with Crippen LogP contribution >= 0.6 is 0 Å². The van der Waals surface area contributed by atoms with E-state index in [0.29, 0.717) is 17.7 Å². The largest absolute Gasteiger partial charge is 0.364 e. The molecule has 2 fully saturated rings. The monoisotopic (exact) mass is 234 g/mol. The van der Waals surface area contributed by atoms with E-state index in [9.17, 15) is 4.79 Å². The van der Waals surface area contributed by atoms with E-state index in [2.05, 4.69) is 10.3 Å². The minimum absolute atomic E-state index is 0.392. The van der Waals surface area contributed by atoms with Gasteiger partial charge in [-0.2, -0.15) is 0 Å². The second-order valence-electron chi connectivity index (χ2n) is 5.28. The molecule has 0 aliphatic heterocycles. The predicted octanol–water partition coefficient (Wildman–Crippen LogP) is 1.44. The van der Waals surface area contributed by atoms with Gasteiger partial charge in [0.15, 0.2) is 5.69 Å². The minimum Gasteiger partial charge on any atom is -0.364 e. The normalized spacial score (nSPS) is 20.9. The van der Waals surface area contributed by atoms with Gasteiger partial charge in [-0.1, -0.05) is 18.1 Å². The predicted molar refractivity (Wildman–Crippen MR) is 62.5 cm³/mol. The molecule has 2 aliphatic carbocycles. The summed E-state index contributed by atoms with van der Waals surface area (Å²) in [6.45, 7) is 0. The molecule has 17 heavy (non-hydrogen) atoms. The number of nitrogens with zero attached hydrogens (tertiary/aromatic N) is 3. The molecule has 0 radical (unpaired) electrons. The highest BCUT2D eigenvalue weighted by molar-refractivity contribution is 5.91. The van der Waals surface area contributed by atoms with E-state index in [1.165, 1.54) is 25.7 Å². The third-order valence-electron chi connectivity index (χ3n) is 3.87. The molecule has 1 heterocycles. The summed E-state index contributed by atoms with van der Waals surface area (Å²) >= 11 is 0. The van der Waals surface area contributed by atoms with E-state index in [1.807, 2.05) is 4.68 Å². The molecule has 0 bridgehead atoms. The molecule has 2 N–H and O–H groups in total. The maximum atomic E-state index is 11.4. The average Bonchev–Trinajstić information content (AvgIpc) is 2.80. The number of hydrogen-bond acceptors (Lipinski definition) is 3. The lowest BCUT2D eigenvalue weighted by Gasteiger charge is -2.13. The summed E-state index contributed by atoms with van der Waals surface area (Å²) in [6.07, 6.45) is 8.24. The zero-order valence-corrected chi connectivity index (χ0v) is 9.93. The lowest BCUT2D eigenvalue weighted by atomic mass is 10.1. The number of carbonyl (C=O) groups is 1. The summed E-state index contributed by atoms with van der Waals surface area (Å²) in [4.78, 5) is 11.4. The molecule has 0 saturated heterocycles. The molecule has 0 atom stereocenters. The van der Waals surface area contributed by atoms with Crippen LogP contribution in [0.1, 0.15) is 60.7 Å². The number of hydrogen-bond donors (Lipinski definition) is 1. The molecule has 0 unspecified atom stereocenters. The molecule has 1 amide bonds. The topological polar surface area (TPSA) is 73.8 Å². The van der Waals surface area contributed by atoms with E-state index in [4.69, 9.17) is 5.73 Å². The molecule has 5 heteroatoms. The Bertz CT molecular complexity index is 430. The molecule has 0 aromatic carbocycles. The van der Waals surface area contributed by atoms with Gasteiger partial charge in [0.05, 0.1) is 11.7 Å². The summed E-state index contributed by atoms with van der Waals surface area (Å²) in [6, 6.07) is 0.435. The standard InChI is InChI=1S/C12H18N4O/c13-12(17)11-10(7-8-5-6-8)16(15-14-11)9-3-1-2-4-9/h8-9H,1-7H2,(H2,13,17). The van der Waals surface area contributed by atoms with Crippen molar-refractivity contribution >= 4 is 5.91 Å². The van der Waals surface area contributed by atoms with Crippen molar-refractivity contribution in [2.24, 2.45) is 11.7 Å². The molecule has 1 aromatic rings. The molecule has 5 nitrogen and oxygen atoms in total. The van der Waals surface area contributed by atoms with Crippen LogP contribution in [0.3, 0.4) is 0 Å². The number of nitrogens with two attached hydrogens (primary N) is 1. The van der Waals surface area contributed by atoms with Crippen molar-refractivity contribution in [2.45, 2.75) is 51.0 Å². The molecule has 0 spiro atoms. The second kappa shape index (κ2) is 4.13. The van der Waals surface area contributed by atoms with Gasteiger partial charge in [0.2, 0.25) is 0 Å². The van der Waals surface area contributed by atoms with Gasteiger partial charge in [-0.3, -0.25) is 4.79 Å². The Morgan fingerprint density at radius 3 is 2.59 bits per heavy atom. The fraction of sp³-hybridized carbons (Fsp3) is 0.750. The van der Waals surface area contributed by atoms with Gasteiger partial charge < -0.3 is 5.73 Å². The zero-order valence-electron chi connectivity index (χ0n) is 9.93. The Balaban J connectivity index is 1.92. The number of primary amides is 1. The van der Waals surface area contributed by atoms with Crippen LogP contribution in [0, 0.1) is 5.92 Å². The Morgan fingerprint density at radius 1 is 1.29 bits per heavy atom. The zero-order chi connectivity index (χ0) is 11.8.